The van der Waals surface area contributed by atoms with Crippen LogP contribution in [0.2, 0.25) is 0 Å². The average molecular weight is 365 g/mol. The number of aryl methyl sites for hydroxylation is 1. The maximum absolute atomic E-state index is 12.6. The van der Waals surface area contributed by atoms with Crippen molar-refractivity contribution in [1.82, 2.24) is 30.5 Å². The highest BCUT2D eigenvalue weighted by Crippen LogP contribution is 2.16. The minimum atomic E-state index is -0.313. The number of nitrogens with one attached hydrogen (secondary N) is 3. The standard InChI is InChI=1S/C19H23N7O/c1-12-13(2)24-18(19(27)25-14(3)16-5-4-7-20-11-16)26-17(12)21-8-6-15-9-22-23-10-15/h4-5,7,9-11,14H,6,8H2,1-3H3,(H,22,23)(H,25,27)(H,21,24,26). The van der Waals surface area contributed by atoms with E-state index in [-0.39, 0.29) is 17.8 Å². The molecule has 0 saturated heterocycles. The van der Waals surface area contributed by atoms with Gasteiger partial charge >= 0.3 is 0 Å². The van der Waals surface area contributed by atoms with Gasteiger partial charge in [-0.15, -0.1) is 0 Å². The lowest BCUT2D eigenvalue weighted by Gasteiger charge is -2.15. The first-order valence-electron chi connectivity index (χ1n) is 8.82. The van der Waals surface area contributed by atoms with Crippen molar-refractivity contribution in [1.29, 1.82) is 0 Å². The normalized spacial score (nSPS) is 11.8. The van der Waals surface area contributed by atoms with Crippen LogP contribution in [0, 0.1) is 13.8 Å². The zero-order valence-electron chi connectivity index (χ0n) is 15.7. The fourth-order valence-electron chi connectivity index (χ4n) is 2.62. The molecule has 27 heavy (non-hydrogen) atoms. The van der Waals surface area contributed by atoms with Gasteiger partial charge in [0, 0.05) is 36.4 Å². The molecule has 3 aromatic rings. The third kappa shape index (κ3) is 4.66. The van der Waals surface area contributed by atoms with Gasteiger partial charge in [0.1, 0.15) is 5.82 Å². The van der Waals surface area contributed by atoms with Gasteiger partial charge in [0.15, 0.2) is 0 Å². The van der Waals surface area contributed by atoms with Gasteiger partial charge in [0.2, 0.25) is 5.82 Å². The second-order valence-electron chi connectivity index (χ2n) is 6.37. The van der Waals surface area contributed by atoms with Crippen LogP contribution in [-0.4, -0.2) is 37.6 Å². The lowest BCUT2D eigenvalue weighted by Crippen LogP contribution is -2.29. The summed E-state index contributed by atoms with van der Waals surface area (Å²) >= 11 is 0. The van der Waals surface area contributed by atoms with Gasteiger partial charge in [-0.3, -0.25) is 14.9 Å². The quantitative estimate of drug-likeness (QED) is 0.593. The van der Waals surface area contributed by atoms with E-state index in [4.69, 9.17) is 0 Å². The third-order valence-corrected chi connectivity index (χ3v) is 4.39. The van der Waals surface area contributed by atoms with Crippen molar-refractivity contribution < 1.29 is 4.79 Å². The summed E-state index contributed by atoms with van der Waals surface area (Å²) < 4.78 is 0. The number of aromatic amines is 1. The van der Waals surface area contributed by atoms with Crippen molar-refractivity contribution in [3.05, 3.63) is 65.1 Å². The van der Waals surface area contributed by atoms with Crippen molar-refractivity contribution in [2.45, 2.75) is 33.2 Å². The minimum Gasteiger partial charge on any atom is -0.369 e. The monoisotopic (exact) mass is 365 g/mol. The van der Waals surface area contributed by atoms with Crippen LogP contribution in [0.3, 0.4) is 0 Å². The Labute approximate surface area is 157 Å². The topological polar surface area (TPSA) is 108 Å². The van der Waals surface area contributed by atoms with Crippen molar-refractivity contribution in [3.63, 3.8) is 0 Å². The number of hydrogen-bond donors (Lipinski definition) is 3. The highest BCUT2D eigenvalue weighted by atomic mass is 16.2. The Morgan fingerprint density at radius 2 is 2.11 bits per heavy atom. The molecule has 8 nitrogen and oxygen atoms in total. The molecule has 3 heterocycles. The number of pyridine rings is 1. The lowest BCUT2D eigenvalue weighted by atomic mass is 10.1. The molecule has 0 saturated carbocycles. The van der Waals surface area contributed by atoms with Crippen LogP contribution in [0.4, 0.5) is 5.82 Å². The maximum Gasteiger partial charge on any atom is 0.289 e. The number of H-pyrrole nitrogens is 1. The van der Waals surface area contributed by atoms with E-state index < -0.39 is 0 Å². The molecular formula is C19H23N7O. The molecule has 0 aromatic carbocycles. The van der Waals surface area contributed by atoms with Crippen LogP contribution in [0.5, 0.6) is 0 Å². The van der Waals surface area contributed by atoms with E-state index in [1.54, 1.807) is 18.6 Å². The van der Waals surface area contributed by atoms with Crippen molar-refractivity contribution >= 4 is 11.7 Å². The molecule has 0 radical (unpaired) electrons. The van der Waals surface area contributed by atoms with Gasteiger partial charge < -0.3 is 10.6 Å². The molecular weight excluding hydrogens is 342 g/mol. The van der Waals surface area contributed by atoms with Gasteiger partial charge in [-0.05, 0) is 44.4 Å². The van der Waals surface area contributed by atoms with E-state index in [2.05, 4.69) is 35.8 Å². The van der Waals surface area contributed by atoms with Gasteiger partial charge in [-0.1, -0.05) is 6.07 Å². The van der Waals surface area contributed by atoms with Crippen LogP contribution in [0.25, 0.3) is 0 Å². The first kappa shape index (κ1) is 18.5. The Kier molecular flexibility index (Phi) is 5.75. The molecule has 0 spiro atoms. The van der Waals surface area contributed by atoms with Crippen molar-refractivity contribution in [3.8, 4) is 0 Å². The molecule has 0 aliphatic carbocycles. The van der Waals surface area contributed by atoms with Gasteiger partial charge in [-0.2, -0.15) is 5.10 Å². The summed E-state index contributed by atoms with van der Waals surface area (Å²) in [5, 5.41) is 12.9. The number of aromatic nitrogens is 5. The molecule has 3 aromatic heterocycles. The molecule has 0 bridgehead atoms. The summed E-state index contributed by atoms with van der Waals surface area (Å²) in [5.74, 6) is 0.511. The second kappa shape index (κ2) is 8.39. The Balaban J connectivity index is 1.69. The first-order valence-corrected chi connectivity index (χ1v) is 8.82. The average Bonchev–Trinajstić information content (AvgIpc) is 3.19. The van der Waals surface area contributed by atoms with E-state index >= 15 is 0 Å². The molecule has 1 unspecified atom stereocenters. The number of anilines is 1. The van der Waals surface area contributed by atoms with Gasteiger partial charge in [0.05, 0.1) is 12.2 Å². The van der Waals surface area contributed by atoms with Crippen molar-refractivity contribution in [2.24, 2.45) is 0 Å². The largest absolute Gasteiger partial charge is 0.369 e. The summed E-state index contributed by atoms with van der Waals surface area (Å²) in [4.78, 5) is 25.5. The molecule has 140 valence electrons. The SMILES string of the molecule is Cc1nc(C(=O)NC(C)c2cccnc2)nc(NCCc2cn[nH]c2)c1C. The number of nitrogens with zero attached hydrogens (tertiary/aromatic N) is 4. The highest BCUT2D eigenvalue weighted by Gasteiger charge is 2.17. The van der Waals surface area contributed by atoms with Gasteiger partial charge in [0.25, 0.3) is 5.91 Å². The number of rotatable bonds is 7. The Morgan fingerprint density at radius 1 is 1.26 bits per heavy atom. The van der Waals surface area contributed by atoms with Crippen molar-refractivity contribution in [2.75, 3.05) is 11.9 Å². The highest BCUT2D eigenvalue weighted by molar-refractivity contribution is 5.91. The fourth-order valence-corrected chi connectivity index (χ4v) is 2.62. The number of carbonyl (C=O) groups is 1. The maximum atomic E-state index is 12.6. The van der Waals surface area contributed by atoms with Crippen LogP contribution in [0.15, 0.2) is 36.9 Å². The zero-order chi connectivity index (χ0) is 19.2. The summed E-state index contributed by atoms with van der Waals surface area (Å²) in [6.07, 6.45) is 7.89. The predicted octanol–water partition coefficient (Wildman–Crippen LogP) is 2.36. The minimum absolute atomic E-state index is 0.152. The number of amides is 1. The van der Waals surface area contributed by atoms with Crippen LogP contribution < -0.4 is 10.6 Å². The van der Waals surface area contributed by atoms with Gasteiger partial charge in [-0.25, -0.2) is 9.97 Å². The second-order valence-corrected chi connectivity index (χ2v) is 6.37. The first-order chi connectivity index (χ1) is 13.0. The Bertz CT molecular complexity index is 894. The Hall–Kier alpha value is -3.29. The van der Waals surface area contributed by atoms with E-state index in [0.717, 1.165) is 28.8 Å². The van der Waals surface area contributed by atoms with E-state index in [0.29, 0.717) is 12.4 Å². The summed E-state index contributed by atoms with van der Waals surface area (Å²) in [6.45, 7) is 6.40. The molecule has 1 atom stereocenters. The van der Waals surface area contributed by atoms with Crippen LogP contribution >= 0.6 is 0 Å². The molecule has 0 fully saturated rings. The molecule has 0 aliphatic rings. The lowest BCUT2D eigenvalue weighted by molar-refractivity contribution is 0.0929. The molecule has 3 N–H and O–H groups in total. The molecule has 0 aliphatic heterocycles. The molecule has 3 rings (SSSR count). The van der Waals surface area contributed by atoms with Crippen LogP contribution in [-0.2, 0) is 6.42 Å². The summed E-state index contributed by atoms with van der Waals surface area (Å²) in [5.41, 5.74) is 3.73. The Morgan fingerprint density at radius 3 is 2.81 bits per heavy atom. The molecule has 8 heteroatoms. The summed E-state index contributed by atoms with van der Waals surface area (Å²) in [7, 11) is 0. The van der Waals surface area contributed by atoms with Crippen LogP contribution in [0.1, 0.15) is 46.0 Å². The number of hydrogen-bond acceptors (Lipinski definition) is 6. The summed E-state index contributed by atoms with van der Waals surface area (Å²) in [6, 6.07) is 3.57. The molecule has 1 amide bonds. The van der Waals surface area contributed by atoms with E-state index in [1.165, 1.54) is 0 Å². The van der Waals surface area contributed by atoms with E-state index in [9.17, 15) is 4.79 Å². The third-order valence-electron chi connectivity index (χ3n) is 4.39. The number of carbonyl (C=O) groups excluding carboxylic acids is 1. The smallest absolute Gasteiger partial charge is 0.289 e. The van der Waals surface area contributed by atoms with E-state index in [1.807, 2.05) is 39.1 Å². The predicted molar refractivity (Wildman–Crippen MR) is 102 cm³/mol. The fraction of sp³-hybridized carbons (Fsp3) is 0.316. The zero-order valence-corrected chi connectivity index (χ0v) is 15.7.